The fourth-order valence-corrected chi connectivity index (χ4v) is 1.78. The highest BCUT2D eigenvalue weighted by molar-refractivity contribution is 4.84. The van der Waals surface area contributed by atoms with E-state index in [2.05, 4.69) is 24.2 Å². The van der Waals surface area contributed by atoms with Gasteiger partial charge in [-0.2, -0.15) is 18.7 Å². The van der Waals surface area contributed by atoms with Gasteiger partial charge in [-0.15, -0.1) is 0 Å². The predicted octanol–water partition coefficient (Wildman–Crippen LogP) is 2.65. The fourth-order valence-electron chi connectivity index (χ4n) is 1.78. The summed E-state index contributed by atoms with van der Waals surface area (Å²) < 4.78 is 35.1. The molecule has 0 aliphatic heterocycles. The average Bonchev–Trinajstić information content (AvgIpc) is 2.27. The second-order valence-electron chi connectivity index (χ2n) is 4.63. The van der Waals surface area contributed by atoms with E-state index in [1.165, 1.54) is 0 Å². The maximum atomic E-state index is 11.7. The van der Waals surface area contributed by atoms with E-state index in [9.17, 15) is 13.2 Å². The molecule has 1 aliphatic carbocycles. The van der Waals surface area contributed by atoms with E-state index in [1.54, 1.807) is 0 Å². The number of halogens is 3. The summed E-state index contributed by atoms with van der Waals surface area (Å²) in [4.78, 5) is 4.40. The molecule has 1 saturated carbocycles. The molecule has 1 N–H and O–H groups in total. The molecule has 0 bridgehead atoms. The smallest absolute Gasteiger partial charge is 0.292 e. The summed E-state index contributed by atoms with van der Waals surface area (Å²) >= 11 is 0. The molecule has 0 aromatic rings. The van der Waals surface area contributed by atoms with Crippen LogP contribution in [0.2, 0.25) is 0 Å². The molecule has 1 fully saturated rings. The van der Waals surface area contributed by atoms with E-state index >= 15 is 0 Å². The normalized spacial score (nSPS) is 26.8. The first-order chi connectivity index (χ1) is 6.29. The molecule has 0 aromatic carbocycles. The first-order valence-corrected chi connectivity index (χ1v) is 4.73. The van der Waals surface area contributed by atoms with Gasteiger partial charge in [-0.3, -0.25) is 4.84 Å². The molecular weight excluding hydrogens is 195 g/mol. The van der Waals surface area contributed by atoms with Crippen molar-refractivity contribution in [2.24, 2.45) is 5.41 Å². The summed E-state index contributed by atoms with van der Waals surface area (Å²) in [5, 5.41) is 0. The molecule has 0 radical (unpaired) electrons. The lowest BCUT2D eigenvalue weighted by Crippen LogP contribution is -2.32. The third kappa shape index (κ3) is 4.28. The van der Waals surface area contributed by atoms with Crippen LogP contribution in [-0.2, 0) is 4.84 Å². The number of alkyl halides is 3. The zero-order valence-corrected chi connectivity index (χ0v) is 8.45. The fraction of sp³-hybridized carbons (Fsp3) is 1.00. The Bertz CT molecular complexity index is 191. The van der Waals surface area contributed by atoms with E-state index in [1.807, 2.05) is 0 Å². The third-order valence-electron chi connectivity index (χ3n) is 2.45. The van der Waals surface area contributed by atoms with Crippen molar-refractivity contribution in [3.63, 3.8) is 0 Å². The number of hydrogen-bond acceptors (Lipinski definition) is 2. The maximum Gasteiger partial charge on any atom is 0.413 e. The Kier molecular flexibility index (Phi) is 3.42. The Morgan fingerprint density at radius 2 is 2.07 bits per heavy atom. The van der Waals surface area contributed by atoms with Crippen LogP contribution in [0, 0.1) is 5.41 Å². The first kappa shape index (κ1) is 11.8. The number of rotatable bonds is 3. The van der Waals surface area contributed by atoms with Crippen molar-refractivity contribution >= 4 is 0 Å². The van der Waals surface area contributed by atoms with Crippen molar-refractivity contribution in [2.75, 3.05) is 6.61 Å². The standard InChI is InChI=1S/C9H16F3NO/c1-8(2)4-3-7(5-8)13-14-6-9(10,11)12/h7,13H,3-6H2,1-2H3. The van der Waals surface area contributed by atoms with E-state index in [0.29, 0.717) is 0 Å². The molecule has 1 rings (SSSR count). The van der Waals surface area contributed by atoms with Crippen LogP contribution in [0.3, 0.4) is 0 Å². The van der Waals surface area contributed by atoms with Gasteiger partial charge in [-0.05, 0) is 24.7 Å². The molecule has 0 aromatic heterocycles. The molecule has 0 saturated heterocycles. The molecule has 1 unspecified atom stereocenters. The van der Waals surface area contributed by atoms with Gasteiger partial charge in [0.2, 0.25) is 0 Å². The minimum atomic E-state index is -4.25. The number of hydroxylamine groups is 1. The highest BCUT2D eigenvalue weighted by atomic mass is 19.4. The van der Waals surface area contributed by atoms with Crippen LogP contribution in [0.1, 0.15) is 33.1 Å². The van der Waals surface area contributed by atoms with Gasteiger partial charge in [0.15, 0.2) is 6.61 Å². The van der Waals surface area contributed by atoms with E-state index < -0.39 is 12.8 Å². The average molecular weight is 211 g/mol. The Balaban J connectivity index is 2.15. The van der Waals surface area contributed by atoms with Crippen LogP contribution >= 0.6 is 0 Å². The summed E-state index contributed by atoms with van der Waals surface area (Å²) in [6, 6.07) is 0.0624. The van der Waals surface area contributed by atoms with Crippen molar-refractivity contribution in [1.82, 2.24) is 5.48 Å². The maximum absolute atomic E-state index is 11.7. The van der Waals surface area contributed by atoms with Gasteiger partial charge >= 0.3 is 6.18 Å². The topological polar surface area (TPSA) is 21.3 Å². The molecule has 5 heteroatoms. The van der Waals surface area contributed by atoms with E-state index in [4.69, 9.17) is 0 Å². The summed E-state index contributed by atoms with van der Waals surface area (Å²) in [6.45, 7) is 3.00. The molecule has 0 heterocycles. The highest BCUT2D eigenvalue weighted by Gasteiger charge is 2.32. The van der Waals surface area contributed by atoms with E-state index in [0.717, 1.165) is 19.3 Å². The second kappa shape index (κ2) is 4.06. The minimum Gasteiger partial charge on any atom is -0.292 e. The largest absolute Gasteiger partial charge is 0.413 e. The van der Waals surface area contributed by atoms with Crippen molar-refractivity contribution < 1.29 is 18.0 Å². The van der Waals surface area contributed by atoms with Gasteiger partial charge in [-0.25, -0.2) is 0 Å². The summed E-state index contributed by atoms with van der Waals surface area (Å²) in [5.41, 5.74) is 2.70. The Morgan fingerprint density at radius 1 is 1.43 bits per heavy atom. The molecule has 1 atom stereocenters. The Morgan fingerprint density at radius 3 is 2.50 bits per heavy atom. The van der Waals surface area contributed by atoms with Crippen LogP contribution in [-0.4, -0.2) is 18.8 Å². The summed E-state index contributed by atoms with van der Waals surface area (Å²) in [5.74, 6) is 0. The number of nitrogens with one attached hydrogen (secondary N) is 1. The highest BCUT2D eigenvalue weighted by Crippen LogP contribution is 2.36. The van der Waals surface area contributed by atoms with Crippen LogP contribution in [0.25, 0.3) is 0 Å². The molecule has 1 aliphatic rings. The van der Waals surface area contributed by atoms with Crippen molar-refractivity contribution in [2.45, 2.75) is 45.3 Å². The van der Waals surface area contributed by atoms with Crippen molar-refractivity contribution in [3.8, 4) is 0 Å². The monoisotopic (exact) mass is 211 g/mol. The van der Waals surface area contributed by atoms with Crippen LogP contribution in [0.15, 0.2) is 0 Å². The first-order valence-electron chi connectivity index (χ1n) is 4.73. The van der Waals surface area contributed by atoms with E-state index in [-0.39, 0.29) is 11.5 Å². The summed E-state index contributed by atoms with van der Waals surface area (Å²) in [6.07, 6.45) is -1.48. The Labute approximate surface area is 81.8 Å². The lowest BCUT2D eigenvalue weighted by atomic mass is 9.92. The zero-order valence-electron chi connectivity index (χ0n) is 8.45. The minimum absolute atomic E-state index is 0.0624. The zero-order chi connectivity index (χ0) is 10.8. The quantitative estimate of drug-likeness (QED) is 0.724. The summed E-state index contributed by atoms with van der Waals surface area (Å²) in [7, 11) is 0. The van der Waals surface area contributed by atoms with Crippen molar-refractivity contribution in [3.05, 3.63) is 0 Å². The molecule has 0 spiro atoms. The third-order valence-corrected chi connectivity index (χ3v) is 2.45. The second-order valence-corrected chi connectivity index (χ2v) is 4.63. The van der Waals surface area contributed by atoms with Gasteiger partial charge in [0.25, 0.3) is 0 Å². The SMILES string of the molecule is CC1(C)CCC(NOCC(F)(F)F)C1. The number of hydrogen-bond donors (Lipinski definition) is 1. The lowest BCUT2D eigenvalue weighted by Gasteiger charge is -2.17. The van der Waals surface area contributed by atoms with Gasteiger partial charge in [-0.1, -0.05) is 13.8 Å². The Hall–Kier alpha value is -0.290. The predicted molar refractivity (Wildman–Crippen MR) is 46.6 cm³/mol. The molecular formula is C9H16F3NO. The van der Waals surface area contributed by atoms with Crippen molar-refractivity contribution in [1.29, 1.82) is 0 Å². The molecule has 14 heavy (non-hydrogen) atoms. The molecule has 2 nitrogen and oxygen atoms in total. The van der Waals surface area contributed by atoms with Crippen LogP contribution < -0.4 is 5.48 Å². The van der Waals surface area contributed by atoms with Gasteiger partial charge in [0, 0.05) is 6.04 Å². The van der Waals surface area contributed by atoms with Crippen LogP contribution in [0.5, 0.6) is 0 Å². The van der Waals surface area contributed by atoms with Gasteiger partial charge in [0.1, 0.15) is 0 Å². The van der Waals surface area contributed by atoms with Gasteiger partial charge < -0.3 is 0 Å². The van der Waals surface area contributed by atoms with Gasteiger partial charge in [0.05, 0.1) is 0 Å². The lowest BCUT2D eigenvalue weighted by molar-refractivity contribution is -0.192. The molecule has 0 amide bonds. The van der Waals surface area contributed by atoms with Crippen LogP contribution in [0.4, 0.5) is 13.2 Å². The molecule has 84 valence electrons.